The van der Waals surface area contributed by atoms with Crippen molar-refractivity contribution >= 4 is 10.9 Å². The topological polar surface area (TPSA) is 59.6 Å². The van der Waals surface area contributed by atoms with Crippen LogP contribution in [0.2, 0.25) is 0 Å². The molecule has 0 aliphatic heterocycles. The summed E-state index contributed by atoms with van der Waals surface area (Å²) in [7, 11) is 2.07. The summed E-state index contributed by atoms with van der Waals surface area (Å²) in [6, 6.07) is 8.36. The van der Waals surface area contributed by atoms with E-state index in [-0.39, 0.29) is 6.04 Å². The first-order valence-corrected chi connectivity index (χ1v) is 6.45. The lowest BCUT2D eigenvalue weighted by Gasteiger charge is -2.08. The van der Waals surface area contributed by atoms with E-state index in [4.69, 9.17) is 5.73 Å². The number of aromatic amines is 1. The summed E-state index contributed by atoms with van der Waals surface area (Å²) in [5.41, 5.74) is 9.77. The molecule has 98 valence electrons. The molecule has 19 heavy (non-hydrogen) atoms. The molecule has 3 N–H and O–H groups in total. The van der Waals surface area contributed by atoms with Crippen molar-refractivity contribution < 1.29 is 0 Å². The Labute approximate surface area is 112 Å². The van der Waals surface area contributed by atoms with Crippen LogP contribution in [0.4, 0.5) is 0 Å². The molecule has 4 heteroatoms. The third-order valence-corrected chi connectivity index (χ3v) is 3.54. The summed E-state index contributed by atoms with van der Waals surface area (Å²) in [5, 5.41) is 1.27. The Balaban J connectivity index is 1.93. The van der Waals surface area contributed by atoms with Crippen LogP contribution in [-0.2, 0) is 13.5 Å². The van der Waals surface area contributed by atoms with Gasteiger partial charge in [0.05, 0.1) is 11.7 Å². The summed E-state index contributed by atoms with van der Waals surface area (Å²) >= 11 is 0. The van der Waals surface area contributed by atoms with Gasteiger partial charge in [0.15, 0.2) is 0 Å². The number of nitrogens with two attached hydrogens (primary N) is 1. The summed E-state index contributed by atoms with van der Waals surface area (Å²) in [4.78, 5) is 7.41. The first kappa shape index (κ1) is 12.0. The van der Waals surface area contributed by atoms with Crippen LogP contribution in [0.15, 0.2) is 36.7 Å². The van der Waals surface area contributed by atoms with Crippen molar-refractivity contribution in [1.29, 1.82) is 0 Å². The molecular formula is C15H18N4. The molecule has 0 aliphatic rings. The number of aryl methyl sites for hydroxylation is 2. The Morgan fingerprint density at radius 1 is 1.37 bits per heavy atom. The van der Waals surface area contributed by atoms with Gasteiger partial charge in [-0.3, -0.25) is 0 Å². The number of nitrogens with zero attached hydrogens (tertiary/aromatic N) is 2. The standard InChI is InChI=1S/C15H18N4/c1-10-17-8-14(18-10)13(16)7-11-9-19(2)15-6-4-3-5-12(11)15/h3-6,8-9,13H,7,16H2,1-2H3,(H,17,18). The lowest BCUT2D eigenvalue weighted by Crippen LogP contribution is -2.13. The Morgan fingerprint density at radius 3 is 2.89 bits per heavy atom. The van der Waals surface area contributed by atoms with Crippen LogP contribution in [0.1, 0.15) is 23.1 Å². The minimum absolute atomic E-state index is 0.0491. The van der Waals surface area contributed by atoms with Crippen LogP contribution in [0.25, 0.3) is 10.9 Å². The summed E-state index contributed by atoms with van der Waals surface area (Å²) in [6.07, 6.45) is 4.79. The third kappa shape index (κ3) is 2.15. The molecule has 2 heterocycles. The molecule has 1 atom stereocenters. The Bertz CT molecular complexity index is 708. The van der Waals surface area contributed by atoms with Crippen LogP contribution in [0, 0.1) is 6.92 Å². The number of aromatic nitrogens is 3. The molecule has 0 fully saturated rings. The highest BCUT2D eigenvalue weighted by atomic mass is 14.9. The molecule has 0 aliphatic carbocycles. The van der Waals surface area contributed by atoms with Gasteiger partial charge in [0.1, 0.15) is 5.82 Å². The molecule has 0 radical (unpaired) electrons. The number of nitrogens with one attached hydrogen (secondary N) is 1. The molecule has 0 spiro atoms. The molecule has 3 rings (SSSR count). The molecule has 4 nitrogen and oxygen atoms in total. The van der Waals surface area contributed by atoms with Gasteiger partial charge >= 0.3 is 0 Å². The Morgan fingerprint density at radius 2 is 2.16 bits per heavy atom. The van der Waals surface area contributed by atoms with E-state index in [1.165, 1.54) is 16.5 Å². The maximum atomic E-state index is 6.26. The zero-order chi connectivity index (χ0) is 13.4. The van der Waals surface area contributed by atoms with Crippen LogP contribution >= 0.6 is 0 Å². The molecule has 0 bridgehead atoms. The van der Waals surface area contributed by atoms with E-state index in [2.05, 4.69) is 52.0 Å². The average Bonchev–Trinajstić information content (AvgIpc) is 2.96. The molecule has 1 aromatic carbocycles. The lowest BCUT2D eigenvalue weighted by molar-refractivity contribution is 0.701. The highest BCUT2D eigenvalue weighted by molar-refractivity contribution is 5.83. The van der Waals surface area contributed by atoms with Gasteiger partial charge in [-0.15, -0.1) is 0 Å². The predicted molar refractivity (Wildman–Crippen MR) is 76.9 cm³/mol. The highest BCUT2D eigenvalue weighted by Gasteiger charge is 2.13. The van der Waals surface area contributed by atoms with E-state index in [1.54, 1.807) is 0 Å². The minimum atomic E-state index is -0.0491. The maximum Gasteiger partial charge on any atom is 0.103 e. The largest absolute Gasteiger partial charge is 0.350 e. The SMILES string of the molecule is Cc1ncc(C(N)Cc2cn(C)c3ccccc23)[nH]1. The second kappa shape index (κ2) is 4.55. The van der Waals surface area contributed by atoms with E-state index in [0.29, 0.717) is 0 Å². The third-order valence-electron chi connectivity index (χ3n) is 3.54. The number of H-pyrrole nitrogens is 1. The fraction of sp³-hybridized carbons (Fsp3) is 0.267. The quantitative estimate of drug-likeness (QED) is 0.754. The number of imidazole rings is 1. The molecular weight excluding hydrogens is 236 g/mol. The summed E-state index contributed by atoms with van der Waals surface area (Å²) in [6.45, 7) is 1.94. The molecule has 2 aromatic heterocycles. The molecule has 0 amide bonds. The van der Waals surface area contributed by atoms with Gasteiger partial charge in [-0.1, -0.05) is 18.2 Å². The van der Waals surface area contributed by atoms with Crippen LogP contribution in [0.3, 0.4) is 0 Å². The number of benzene rings is 1. The Kier molecular flexibility index (Phi) is 2.87. The molecule has 0 saturated heterocycles. The van der Waals surface area contributed by atoms with Crippen molar-refractivity contribution in [1.82, 2.24) is 14.5 Å². The van der Waals surface area contributed by atoms with Crippen molar-refractivity contribution in [2.24, 2.45) is 12.8 Å². The van der Waals surface area contributed by atoms with Crippen LogP contribution in [-0.4, -0.2) is 14.5 Å². The van der Waals surface area contributed by atoms with Crippen molar-refractivity contribution in [3.63, 3.8) is 0 Å². The van der Waals surface area contributed by atoms with Crippen molar-refractivity contribution in [2.75, 3.05) is 0 Å². The second-order valence-corrected chi connectivity index (χ2v) is 5.02. The van der Waals surface area contributed by atoms with Crippen molar-refractivity contribution in [3.8, 4) is 0 Å². The number of hydrogen-bond donors (Lipinski definition) is 2. The fourth-order valence-electron chi connectivity index (χ4n) is 2.56. The Hall–Kier alpha value is -2.07. The van der Waals surface area contributed by atoms with Gasteiger partial charge in [0, 0.05) is 30.3 Å². The predicted octanol–water partition coefficient (Wildman–Crippen LogP) is 2.45. The maximum absolute atomic E-state index is 6.26. The smallest absolute Gasteiger partial charge is 0.103 e. The van der Waals surface area contributed by atoms with Gasteiger partial charge in [0.25, 0.3) is 0 Å². The number of hydrogen-bond acceptors (Lipinski definition) is 2. The first-order chi connectivity index (χ1) is 9.15. The van der Waals surface area contributed by atoms with Crippen molar-refractivity contribution in [3.05, 3.63) is 53.7 Å². The van der Waals surface area contributed by atoms with Gasteiger partial charge in [-0.2, -0.15) is 0 Å². The van der Waals surface area contributed by atoms with E-state index in [0.717, 1.165) is 17.9 Å². The molecule has 0 saturated carbocycles. The van der Waals surface area contributed by atoms with Gasteiger partial charge in [0.2, 0.25) is 0 Å². The van der Waals surface area contributed by atoms with E-state index in [1.807, 2.05) is 13.1 Å². The van der Waals surface area contributed by atoms with Crippen molar-refractivity contribution in [2.45, 2.75) is 19.4 Å². The second-order valence-electron chi connectivity index (χ2n) is 5.02. The number of rotatable bonds is 3. The first-order valence-electron chi connectivity index (χ1n) is 6.45. The van der Waals surface area contributed by atoms with E-state index >= 15 is 0 Å². The lowest BCUT2D eigenvalue weighted by atomic mass is 10.0. The van der Waals surface area contributed by atoms with Gasteiger partial charge in [-0.05, 0) is 25.0 Å². The number of para-hydroxylation sites is 1. The summed E-state index contributed by atoms with van der Waals surface area (Å²) in [5.74, 6) is 0.906. The molecule has 3 aromatic rings. The normalized spacial score (nSPS) is 13.0. The monoisotopic (exact) mass is 254 g/mol. The molecule has 1 unspecified atom stereocenters. The highest BCUT2D eigenvalue weighted by Crippen LogP contribution is 2.24. The van der Waals surface area contributed by atoms with E-state index < -0.39 is 0 Å². The number of fused-ring (bicyclic) bond motifs is 1. The van der Waals surface area contributed by atoms with E-state index in [9.17, 15) is 0 Å². The fourth-order valence-corrected chi connectivity index (χ4v) is 2.56. The summed E-state index contributed by atoms with van der Waals surface area (Å²) < 4.78 is 2.15. The van der Waals surface area contributed by atoms with Gasteiger partial charge < -0.3 is 15.3 Å². The van der Waals surface area contributed by atoms with Crippen LogP contribution in [0.5, 0.6) is 0 Å². The van der Waals surface area contributed by atoms with Gasteiger partial charge in [-0.25, -0.2) is 4.98 Å². The zero-order valence-corrected chi connectivity index (χ0v) is 11.2. The van der Waals surface area contributed by atoms with Crippen LogP contribution < -0.4 is 5.73 Å². The zero-order valence-electron chi connectivity index (χ0n) is 11.2. The minimum Gasteiger partial charge on any atom is -0.350 e. The average molecular weight is 254 g/mol.